The summed E-state index contributed by atoms with van der Waals surface area (Å²) in [7, 11) is 1.62. The number of anilines is 1. The summed E-state index contributed by atoms with van der Waals surface area (Å²) in [5, 5.41) is 9.26. The van der Waals surface area contributed by atoms with Crippen LogP contribution in [-0.4, -0.2) is 29.1 Å². The minimum Gasteiger partial charge on any atom is -0.497 e. The Bertz CT molecular complexity index is 1150. The number of rotatable bonds is 4. The van der Waals surface area contributed by atoms with Crippen molar-refractivity contribution in [3.63, 3.8) is 0 Å². The average Bonchev–Trinajstić information content (AvgIpc) is 3.29. The van der Waals surface area contributed by atoms with Crippen molar-refractivity contribution in [1.82, 2.24) is 4.98 Å². The van der Waals surface area contributed by atoms with Gasteiger partial charge in [-0.25, -0.2) is 9.78 Å². The third-order valence-corrected chi connectivity index (χ3v) is 6.09. The molecule has 2 aromatic heterocycles. The molecule has 2 aliphatic rings. The summed E-state index contributed by atoms with van der Waals surface area (Å²) < 4.78 is 10.7. The van der Waals surface area contributed by atoms with Crippen LogP contribution in [0.15, 0.2) is 53.1 Å². The Balaban J connectivity index is 1.52. The van der Waals surface area contributed by atoms with Gasteiger partial charge in [0, 0.05) is 18.2 Å². The van der Waals surface area contributed by atoms with Gasteiger partial charge in [-0.15, -0.1) is 0 Å². The van der Waals surface area contributed by atoms with E-state index in [-0.39, 0.29) is 11.7 Å². The molecule has 1 spiro atoms. The molecular formula is C23H20N2O5. The molecule has 1 unspecified atom stereocenters. The lowest BCUT2D eigenvalue weighted by molar-refractivity contribution is -0.123. The predicted molar refractivity (Wildman–Crippen MR) is 108 cm³/mol. The number of carbonyl (C=O) groups is 2. The van der Waals surface area contributed by atoms with Crippen molar-refractivity contribution in [3.8, 4) is 5.75 Å². The first-order chi connectivity index (χ1) is 14.5. The molecule has 152 valence electrons. The zero-order chi connectivity index (χ0) is 20.9. The molecule has 3 aromatic rings. The molecule has 3 heterocycles. The maximum Gasteiger partial charge on any atom is 0.371 e. The zero-order valence-electron chi connectivity index (χ0n) is 16.4. The van der Waals surface area contributed by atoms with Crippen molar-refractivity contribution in [2.75, 3.05) is 12.0 Å². The van der Waals surface area contributed by atoms with Crippen LogP contribution in [0.1, 0.15) is 39.4 Å². The standard InChI is InChI=1S/C23H20N2O5/c1-29-16-6-4-14(5-7-16)13-25-20-17(3-2-10-24-20)23(22(25)28)9-8-18-15(12-23)11-19(30-18)21(26)27/h2-7,10-11H,8-9,12-13H2,1H3,(H,26,27). The van der Waals surface area contributed by atoms with Crippen LogP contribution in [0.2, 0.25) is 0 Å². The second-order valence-corrected chi connectivity index (χ2v) is 7.74. The zero-order valence-corrected chi connectivity index (χ0v) is 16.4. The molecule has 5 rings (SSSR count). The van der Waals surface area contributed by atoms with E-state index in [1.165, 1.54) is 0 Å². The van der Waals surface area contributed by atoms with Crippen LogP contribution in [0.4, 0.5) is 5.82 Å². The van der Waals surface area contributed by atoms with Crippen LogP contribution < -0.4 is 9.64 Å². The number of benzene rings is 1. The number of fused-ring (bicyclic) bond motifs is 3. The number of aromatic nitrogens is 1. The molecule has 0 saturated carbocycles. The molecule has 1 aromatic carbocycles. The van der Waals surface area contributed by atoms with Crippen LogP contribution in [0.5, 0.6) is 5.75 Å². The van der Waals surface area contributed by atoms with E-state index in [4.69, 9.17) is 9.15 Å². The van der Waals surface area contributed by atoms with Crippen molar-refractivity contribution in [3.05, 3.63) is 76.9 Å². The van der Waals surface area contributed by atoms with Crippen LogP contribution in [0.25, 0.3) is 0 Å². The van der Waals surface area contributed by atoms with Crippen LogP contribution in [-0.2, 0) is 29.6 Å². The second-order valence-electron chi connectivity index (χ2n) is 7.74. The Kier molecular flexibility index (Phi) is 4.13. The first-order valence-electron chi connectivity index (χ1n) is 9.77. The molecule has 0 radical (unpaired) electrons. The molecule has 0 fully saturated rings. The fourth-order valence-electron chi connectivity index (χ4n) is 4.60. The van der Waals surface area contributed by atoms with Gasteiger partial charge in [0.25, 0.3) is 0 Å². The van der Waals surface area contributed by atoms with Gasteiger partial charge in [-0.1, -0.05) is 18.2 Å². The number of carboxylic acid groups (broad SMARTS) is 1. The fraction of sp³-hybridized carbons (Fsp3) is 0.261. The summed E-state index contributed by atoms with van der Waals surface area (Å²) in [5.74, 6) is 0.906. The minimum atomic E-state index is -1.10. The Hall–Kier alpha value is -3.61. The number of carboxylic acids is 1. The van der Waals surface area contributed by atoms with E-state index >= 15 is 0 Å². The van der Waals surface area contributed by atoms with Gasteiger partial charge < -0.3 is 14.3 Å². The number of aromatic carboxylic acids is 1. The van der Waals surface area contributed by atoms with Crippen molar-refractivity contribution in [2.45, 2.75) is 31.2 Å². The number of methoxy groups -OCH3 is 1. The number of ether oxygens (including phenoxy) is 1. The highest BCUT2D eigenvalue weighted by molar-refractivity contribution is 6.07. The molecule has 7 heteroatoms. The number of carbonyl (C=O) groups excluding carboxylic acids is 1. The van der Waals surface area contributed by atoms with Gasteiger partial charge in [0.05, 0.1) is 19.1 Å². The van der Waals surface area contributed by atoms with Crippen molar-refractivity contribution >= 4 is 17.7 Å². The quantitative estimate of drug-likeness (QED) is 0.717. The second kappa shape index (κ2) is 6.73. The molecular weight excluding hydrogens is 384 g/mol. The third kappa shape index (κ3) is 2.69. The molecule has 1 atom stereocenters. The van der Waals surface area contributed by atoms with Crippen molar-refractivity contribution < 1.29 is 23.8 Å². The SMILES string of the molecule is COc1ccc(CN2C(=O)C3(CCc4oc(C(=O)O)cc4C3)c3cccnc32)cc1. The van der Waals surface area contributed by atoms with E-state index in [2.05, 4.69) is 4.98 Å². The minimum absolute atomic E-state index is 0.00394. The Morgan fingerprint density at radius 2 is 2.10 bits per heavy atom. The first kappa shape index (κ1) is 18.4. The highest BCUT2D eigenvalue weighted by Crippen LogP contribution is 2.49. The number of nitrogens with zero attached hydrogens (tertiary/aromatic N) is 2. The van der Waals surface area contributed by atoms with E-state index in [0.29, 0.717) is 37.4 Å². The highest BCUT2D eigenvalue weighted by Gasteiger charge is 2.53. The summed E-state index contributed by atoms with van der Waals surface area (Å²) in [5.41, 5.74) is 1.91. The van der Waals surface area contributed by atoms with Crippen molar-refractivity contribution in [2.24, 2.45) is 0 Å². The average molecular weight is 404 g/mol. The summed E-state index contributed by atoms with van der Waals surface area (Å²) in [4.78, 5) is 31.3. The number of furan rings is 1. The normalized spacial score (nSPS) is 19.6. The number of amides is 1. The van der Waals surface area contributed by atoms with E-state index < -0.39 is 11.4 Å². The number of hydrogen-bond acceptors (Lipinski definition) is 5. The van der Waals surface area contributed by atoms with E-state index in [0.717, 1.165) is 22.4 Å². The van der Waals surface area contributed by atoms with Crippen molar-refractivity contribution in [1.29, 1.82) is 0 Å². The fourth-order valence-corrected chi connectivity index (χ4v) is 4.60. The van der Waals surface area contributed by atoms with Gasteiger partial charge in [0.15, 0.2) is 0 Å². The lowest BCUT2D eigenvalue weighted by Crippen LogP contribution is -2.43. The Morgan fingerprint density at radius 3 is 2.83 bits per heavy atom. The van der Waals surface area contributed by atoms with Gasteiger partial charge in [-0.05, 0) is 48.2 Å². The maximum atomic E-state index is 13.7. The van der Waals surface area contributed by atoms with E-state index in [1.54, 1.807) is 24.3 Å². The van der Waals surface area contributed by atoms with Gasteiger partial charge in [0.2, 0.25) is 11.7 Å². The summed E-state index contributed by atoms with van der Waals surface area (Å²) in [6.07, 6.45) is 3.18. The largest absolute Gasteiger partial charge is 0.497 e. The smallest absolute Gasteiger partial charge is 0.371 e. The number of pyridine rings is 1. The monoisotopic (exact) mass is 404 g/mol. The molecule has 30 heavy (non-hydrogen) atoms. The van der Waals surface area contributed by atoms with Crippen LogP contribution in [0, 0.1) is 0 Å². The van der Waals surface area contributed by atoms with Crippen LogP contribution >= 0.6 is 0 Å². The first-order valence-corrected chi connectivity index (χ1v) is 9.77. The van der Waals surface area contributed by atoms with E-state index in [9.17, 15) is 14.7 Å². The predicted octanol–water partition coefficient (Wildman–Crippen LogP) is 3.35. The maximum absolute atomic E-state index is 13.7. The Morgan fingerprint density at radius 1 is 1.30 bits per heavy atom. The lowest BCUT2D eigenvalue weighted by atomic mass is 9.70. The van der Waals surface area contributed by atoms with Gasteiger partial charge >= 0.3 is 5.97 Å². The van der Waals surface area contributed by atoms with E-state index in [1.807, 2.05) is 36.4 Å². The summed E-state index contributed by atoms with van der Waals surface area (Å²) in [6, 6.07) is 13.0. The topological polar surface area (TPSA) is 92.9 Å². The highest BCUT2D eigenvalue weighted by atomic mass is 16.5. The summed E-state index contributed by atoms with van der Waals surface area (Å²) in [6.45, 7) is 0.410. The molecule has 1 amide bonds. The van der Waals surface area contributed by atoms with Crippen LogP contribution in [0.3, 0.4) is 0 Å². The molecule has 7 nitrogen and oxygen atoms in total. The molecule has 1 N–H and O–H groups in total. The Labute approximate surface area is 172 Å². The number of aryl methyl sites for hydroxylation is 1. The van der Waals surface area contributed by atoms with Gasteiger partial charge in [-0.2, -0.15) is 0 Å². The number of hydrogen-bond donors (Lipinski definition) is 1. The molecule has 1 aliphatic carbocycles. The molecule has 0 saturated heterocycles. The molecule has 0 bridgehead atoms. The lowest BCUT2D eigenvalue weighted by Gasteiger charge is -2.31. The van der Waals surface area contributed by atoms with Gasteiger partial charge in [0.1, 0.15) is 17.3 Å². The third-order valence-electron chi connectivity index (χ3n) is 6.09. The van der Waals surface area contributed by atoms with Gasteiger partial charge in [-0.3, -0.25) is 9.69 Å². The molecule has 1 aliphatic heterocycles. The summed E-state index contributed by atoms with van der Waals surface area (Å²) >= 11 is 0.